The van der Waals surface area contributed by atoms with Gasteiger partial charge >= 0.3 is 0 Å². The van der Waals surface area contributed by atoms with E-state index in [0.717, 1.165) is 30.6 Å². The van der Waals surface area contributed by atoms with E-state index in [4.69, 9.17) is 0 Å². The fraction of sp³-hybridized carbons (Fsp3) is 0.133. The van der Waals surface area contributed by atoms with E-state index in [9.17, 15) is 5.11 Å². The Morgan fingerprint density at radius 3 is 2.79 bits per heavy atom. The Labute approximate surface area is 123 Å². The number of hydrogen-bond acceptors (Lipinski definition) is 3. The molecule has 2 heterocycles. The molecule has 1 atom stereocenters. The van der Waals surface area contributed by atoms with Gasteiger partial charge in [-0.05, 0) is 39.9 Å². The first-order valence-corrected chi connectivity index (χ1v) is 7.54. The van der Waals surface area contributed by atoms with Crippen LogP contribution in [0.25, 0.3) is 10.8 Å². The van der Waals surface area contributed by atoms with Gasteiger partial charge in [0.15, 0.2) is 0 Å². The number of fused-ring (bicyclic) bond motifs is 1. The van der Waals surface area contributed by atoms with Crippen LogP contribution in [0.1, 0.15) is 22.1 Å². The molecule has 0 amide bonds. The van der Waals surface area contributed by atoms with Crippen LogP contribution in [-0.4, -0.2) is 10.1 Å². The molecule has 0 saturated heterocycles. The number of hydrogen-bond donors (Lipinski definition) is 1. The maximum Gasteiger partial charge on any atom is 0.115 e. The molecular formula is C15H12BrNOS. The van der Waals surface area contributed by atoms with E-state index in [1.165, 1.54) is 0 Å². The number of aryl methyl sites for hydroxylation is 1. The average Bonchev–Trinajstić information content (AvgIpc) is 2.77. The Hall–Kier alpha value is -1.23. The third-order valence-electron chi connectivity index (χ3n) is 3.14. The lowest BCUT2D eigenvalue weighted by Crippen LogP contribution is -1.99. The van der Waals surface area contributed by atoms with Crippen molar-refractivity contribution in [3.63, 3.8) is 0 Å². The molecule has 4 heteroatoms. The largest absolute Gasteiger partial charge is 0.383 e. The standard InChI is InChI=1S/C15H12BrNOS/c1-9-6-13(19-15(9)16)14(18)12-8-17-7-10-4-2-3-5-11(10)12/h2-8,14,18H,1H3. The van der Waals surface area contributed by atoms with Crippen LogP contribution in [0.3, 0.4) is 0 Å². The van der Waals surface area contributed by atoms with Gasteiger partial charge in [0.05, 0.1) is 3.79 Å². The lowest BCUT2D eigenvalue weighted by Gasteiger charge is -2.11. The summed E-state index contributed by atoms with van der Waals surface area (Å²) in [5, 5.41) is 12.7. The first-order chi connectivity index (χ1) is 9.16. The third-order valence-corrected chi connectivity index (χ3v) is 5.33. The molecule has 0 aliphatic rings. The van der Waals surface area contributed by atoms with Crippen molar-refractivity contribution >= 4 is 38.0 Å². The number of pyridine rings is 1. The number of aromatic nitrogens is 1. The van der Waals surface area contributed by atoms with Crippen molar-refractivity contribution in [2.24, 2.45) is 0 Å². The van der Waals surface area contributed by atoms with Crippen molar-refractivity contribution in [1.29, 1.82) is 0 Å². The van der Waals surface area contributed by atoms with Crippen molar-refractivity contribution in [1.82, 2.24) is 4.98 Å². The molecule has 0 saturated carbocycles. The Morgan fingerprint density at radius 1 is 1.26 bits per heavy atom. The maximum atomic E-state index is 10.6. The van der Waals surface area contributed by atoms with E-state index in [2.05, 4.69) is 20.9 Å². The van der Waals surface area contributed by atoms with Crippen molar-refractivity contribution < 1.29 is 5.11 Å². The highest BCUT2D eigenvalue weighted by atomic mass is 79.9. The summed E-state index contributed by atoms with van der Waals surface area (Å²) in [6.07, 6.45) is 2.94. The normalized spacial score (nSPS) is 12.8. The van der Waals surface area contributed by atoms with Crippen molar-refractivity contribution in [2.45, 2.75) is 13.0 Å². The molecule has 0 bridgehead atoms. The third kappa shape index (κ3) is 2.31. The lowest BCUT2D eigenvalue weighted by atomic mass is 10.0. The van der Waals surface area contributed by atoms with Crippen LogP contribution in [0.15, 0.2) is 46.5 Å². The second kappa shape index (κ2) is 5.04. The van der Waals surface area contributed by atoms with Gasteiger partial charge in [0, 0.05) is 28.2 Å². The summed E-state index contributed by atoms with van der Waals surface area (Å²) in [7, 11) is 0. The molecule has 2 nitrogen and oxygen atoms in total. The first kappa shape index (κ1) is 12.8. The van der Waals surface area contributed by atoms with Crippen LogP contribution >= 0.6 is 27.3 Å². The molecule has 19 heavy (non-hydrogen) atoms. The molecule has 0 spiro atoms. The predicted octanol–water partition coefficient (Wildman–Crippen LogP) is 4.45. The maximum absolute atomic E-state index is 10.6. The zero-order valence-electron chi connectivity index (χ0n) is 10.3. The average molecular weight is 334 g/mol. The highest BCUT2D eigenvalue weighted by Crippen LogP contribution is 2.36. The van der Waals surface area contributed by atoms with Crippen molar-refractivity contribution in [2.75, 3.05) is 0 Å². The molecule has 96 valence electrons. The molecule has 2 aromatic heterocycles. The number of thiophene rings is 1. The van der Waals surface area contributed by atoms with Gasteiger partial charge in [-0.1, -0.05) is 24.3 Å². The summed E-state index contributed by atoms with van der Waals surface area (Å²) in [6.45, 7) is 2.03. The van der Waals surface area contributed by atoms with Gasteiger partial charge in [-0.25, -0.2) is 0 Å². The first-order valence-electron chi connectivity index (χ1n) is 5.93. The predicted molar refractivity (Wildman–Crippen MR) is 82.6 cm³/mol. The molecule has 0 fully saturated rings. The number of rotatable bonds is 2. The summed E-state index contributed by atoms with van der Waals surface area (Å²) in [5.41, 5.74) is 2.00. The van der Waals surface area contributed by atoms with E-state index in [0.29, 0.717) is 0 Å². The minimum absolute atomic E-state index is 0.631. The Kier molecular flexibility index (Phi) is 3.39. The van der Waals surface area contributed by atoms with Gasteiger partial charge in [0.1, 0.15) is 6.10 Å². The zero-order valence-corrected chi connectivity index (χ0v) is 12.7. The van der Waals surface area contributed by atoms with E-state index >= 15 is 0 Å². The van der Waals surface area contributed by atoms with Crippen LogP contribution in [-0.2, 0) is 0 Å². The SMILES string of the molecule is Cc1cc(C(O)c2cncc3ccccc23)sc1Br. The zero-order chi connectivity index (χ0) is 13.4. The van der Waals surface area contributed by atoms with Crippen LogP contribution in [0, 0.1) is 6.92 Å². The quantitative estimate of drug-likeness (QED) is 0.751. The van der Waals surface area contributed by atoms with Crippen LogP contribution < -0.4 is 0 Å². The van der Waals surface area contributed by atoms with Crippen LogP contribution in [0.2, 0.25) is 0 Å². The van der Waals surface area contributed by atoms with Gasteiger partial charge in [-0.2, -0.15) is 0 Å². The van der Waals surface area contributed by atoms with Gasteiger partial charge in [0.25, 0.3) is 0 Å². The number of aliphatic hydroxyl groups is 1. The van der Waals surface area contributed by atoms with Gasteiger partial charge in [0.2, 0.25) is 0 Å². The van der Waals surface area contributed by atoms with Crippen LogP contribution in [0.5, 0.6) is 0 Å². The lowest BCUT2D eigenvalue weighted by molar-refractivity contribution is 0.225. The Morgan fingerprint density at radius 2 is 2.05 bits per heavy atom. The molecule has 3 aromatic rings. The summed E-state index contributed by atoms with van der Waals surface area (Å²) in [4.78, 5) is 5.15. The molecule has 0 aliphatic carbocycles. The smallest absolute Gasteiger partial charge is 0.115 e. The number of aliphatic hydroxyl groups excluding tert-OH is 1. The number of halogens is 1. The molecule has 1 aromatic carbocycles. The van der Waals surface area contributed by atoms with E-state index < -0.39 is 6.10 Å². The molecule has 1 unspecified atom stereocenters. The Bertz CT molecular complexity index is 713. The van der Waals surface area contributed by atoms with Crippen LogP contribution in [0.4, 0.5) is 0 Å². The van der Waals surface area contributed by atoms with E-state index in [1.54, 1.807) is 17.5 Å². The molecular weight excluding hydrogens is 322 g/mol. The summed E-state index contributed by atoms with van der Waals surface area (Å²) in [6, 6.07) is 10.0. The summed E-state index contributed by atoms with van der Waals surface area (Å²) in [5.74, 6) is 0. The second-order valence-electron chi connectivity index (χ2n) is 4.46. The van der Waals surface area contributed by atoms with Gasteiger partial charge in [-0.3, -0.25) is 4.98 Å². The van der Waals surface area contributed by atoms with Gasteiger partial charge in [-0.15, -0.1) is 11.3 Å². The number of benzene rings is 1. The topological polar surface area (TPSA) is 33.1 Å². The summed E-state index contributed by atoms with van der Waals surface area (Å²) < 4.78 is 1.06. The molecule has 0 radical (unpaired) electrons. The van der Waals surface area contributed by atoms with Crippen molar-refractivity contribution in [3.05, 3.63) is 62.5 Å². The highest BCUT2D eigenvalue weighted by molar-refractivity contribution is 9.11. The van der Waals surface area contributed by atoms with E-state index in [-0.39, 0.29) is 0 Å². The monoisotopic (exact) mass is 333 g/mol. The van der Waals surface area contributed by atoms with E-state index in [1.807, 2.05) is 43.5 Å². The van der Waals surface area contributed by atoms with Crippen molar-refractivity contribution in [3.8, 4) is 0 Å². The number of nitrogens with zero attached hydrogens (tertiary/aromatic N) is 1. The molecule has 3 rings (SSSR count). The minimum atomic E-state index is -0.631. The minimum Gasteiger partial charge on any atom is -0.383 e. The van der Waals surface area contributed by atoms with Gasteiger partial charge < -0.3 is 5.11 Å². The second-order valence-corrected chi connectivity index (χ2v) is 6.86. The fourth-order valence-electron chi connectivity index (χ4n) is 2.13. The summed E-state index contributed by atoms with van der Waals surface area (Å²) >= 11 is 5.06. The highest BCUT2D eigenvalue weighted by Gasteiger charge is 2.17. The fourth-order valence-corrected chi connectivity index (χ4v) is 3.71. The molecule has 1 N–H and O–H groups in total. The Balaban J connectivity index is 2.13. The molecule has 0 aliphatic heterocycles.